The van der Waals surface area contributed by atoms with Crippen molar-refractivity contribution < 1.29 is 35.7 Å². The fourth-order valence-electron chi connectivity index (χ4n) is 12.0. The van der Waals surface area contributed by atoms with E-state index < -0.39 is 16.0 Å². The van der Waals surface area contributed by atoms with Crippen LogP contribution in [-0.2, 0) is 47.3 Å². The molecule has 0 spiro atoms. The summed E-state index contributed by atoms with van der Waals surface area (Å²) in [6.45, 7) is 31.6. The van der Waals surface area contributed by atoms with Gasteiger partial charge in [-0.3, -0.25) is 0 Å². The third-order valence-electron chi connectivity index (χ3n) is 15.9. The van der Waals surface area contributed by atoms with Crippen LogP contribution >= 0.6 is 16.0 Å². The SMILES string of the molecule is COc1cc(C(C)(C)C)c2op(-c3c(C)cc4c(c3-c3c5c(cc(C)c3-p3oc6c(C(C)(C)C)cc(OC)cc6c6cc(OC)cc(C(C)(C)C)c6o3)CCCC5)CCCC4)oc3c(C(C)(C)C)cc(OC)cc3c2c1. The van der Waals surface area contributed by atoms with Gasteiger partial charge in [-0.15, -0.1) is 0 Å². The Morgan fingerprint density at radius 1 is 0.355 bits per heavy atom. The minimum absolute atomic E-state index is 0.318. The molecule has 2 aliphatic rings. The average Bonchev–Trinajstić information content (AvgIpc) is 3.68. The smallest absolute Gasteiger partial charge is 0.253 e. The van der Waals surface area contributed by atoms with Crippen LogP contribution in [0.2, 0.25) is 0 Å². The van der Waals surface area contributed by atoms with E-state index in [1.807, 2.05) is 0 Å². The zero-order chi connectivity index (χ0) is 54.6. The summed E-state index contributed by atoms with van der Waals surface area (Å²) in [5, 5.41) is 5.92. The van der Waals surface area contributed by atoms with E-state index in [1.165, 1.54) is 33.4 Å². The lowest BCUT2D eigenvalue weighted by Crippen LogP contribution is -2.12. The van der Waals surface area contributed by atoms with Crippen molar-refractivity contribution in [3.63, 3.8) is 0 Å². The minimum atomic E-state index is -1.88. The summed E-state index contributed by atoms with van der Waals surface area (Å²) in [5.74, 6) is 3.06. The van der Waals surface area contributed by atoms with Gasteiger partial charge in [0, 0.05) is 54.9 Å². The first-order valence-corrected chi connectivity index (χ1v) is 29.7. The Morgan fingerprint density at radius 3 is 0.842 bits per heavy atom. The summed E-state index contributed by atoms with van der Waals surface area (Å²) >= 11 is 0. The van der Waals surface area contributed by atoms with E-state index in [0.29, 0.717) is 0 Å². The molecule has 76 heavy (non-hydrogen) atoms. The van der Waals surface area contributed by atoms with Gasteiger partial charge in [0.15, 0.2) is 0 Å². The molecule has 2 aromatic heterocycles. The number of hydrogen-bond donors (Lipinski definition) is 0. The van der Waals surface area contributed by atoms with Gasteiger partial charge in [0.25, 0.3) is 16.0 Å². The molecule has 0 unspecified atom stereocenters. The molecule has 402 valence electrons. The zero-order valence-corrected chi connectivity index (χ0v) is 50.4. The van der Waals surface area contributed by atoms with Gasteiger partial charge in [0.05, 0.1) is 39.0 Å². The number of rotatable bonds is 7. The van der Waals surface area contributed by atoms with E-state index >= 15 is 0 Å². The highest BCUT2D eigenvalue weighted by Crippen LogP contribution is 2.60. The van der Waals surface area contributed by atoms with E-state index in [-0.39, 0.29) is 21.7 Å². The topological polar surface area (TPSA) is 89.5 Å². The number of benzene rings is 6. The van der Waals surface area contributed by atoms with Gasteiger partial charge in [-0.2, -0.15) is 0 Å². The maximum absolute atomic E-state index is 7.85. The van der Waals surface area contributed by atoms with Gasteiger partial charge in [-0.1, -0.05) is 95.2 Å². The molecule has 0 radical (unpaired) electrons. The zero-order valence-electron chi connectivity index (χ0n) is 48.6. The quantitative estimate of drug-likeness (QED) is 0.156. The first-order chi connectivity index (χ1) is 35.8. The molecule has 0 N–H and O–H groups in total. The summed E-state index contributed by atoms with van der Waals surface area (Å²) < 4.78 is 55.8. The number of methoxy groups -OCH3 is 4. The first-order valence-electron chi connectivity index (χ1n) is 27.4. The van der Waals surface area contributed by atoms with E-state index in [4.69, 9.17) is 35.7 Å². The molecular formula is C66H80O8P2. The summed E-state index contributed by atoms with van der Waals surface area (Å²) in [6.07, 6.45) is 8.38. The third kappa shape index (κ3) is 9.52. The van der Waals surface area contributed by atoms with Crippen LogP contribution < -0.4 is 18.9 Å². The van der Waals surface area contributed by atoms with E-state index in [1.54, 1.807) is 28.4 Å². The van der Waals surface area contributed by atoms with Crippen LogP contribution in [0.1, 0.15) is 164 Å². The number of hydrogen-bond acceptors (Lipinski definition) is 8. The molecule has 0 amide bonds. The van der Waals surface area contributed by atoms with Crippen molar-refractivity contribution in [3.05, 3.63) is 116 Å². The Labute approximate surface area is 452 Å². The molecule has 0 fully saturated rings. The van der Waals surface area contributed by atoms with Crippen molar-refractivity contribution in [1.29, 1.82) is 0 Å². The fraction of sp³-hybridized carbons (Fsp3) is 0.455. The van der Waals surface area contributed by atoms with E-state index in [2.05, 4.69) is 158 Å². The maximum atomic E-state index is 7.85. The molecule has 0 saturated carbocycles. The minimum Gasteiger partial charge on any atom is -0.497 e. The highest BCUT2D eigenvalue weighted by atomic mass is 31.1. The predicted molar refractivity (Wildman–Crippen MR) is 318 cm³/mol. The van der Waals surface area contributed by atoms with Gasteiger partial charge in [-0.05, 0) is 169 Å². The van der Waals surface area contributed by atoms with Crippen LogP contribution in [0.15, 0.2) is 77.5 Å². The number of aryl methyl sites for hydroxylation is 4. The number of fused-ring (bicyclic) bond motifs is 8. The lowest BCUT2D eigenvalue weighted by Gasteiger charge is -2.29. The Balaban J connectivity index is 1.47. The van der Waals surface area contributed by atoms with Crippen LogP contribution in [0.3, 0.4) is 0 Å². The van der Waals surface area contributed by atoms with E-state index in [9.17, 15) is 0 Å². The van der Waals surface area contributed by atoms with Crippen molar-refractivity contribution in [2.24, 2.45) is 0 Å². The van der Waals surface area contributed by atoms with E-state index in [0.717, 1.165) is 162 Å². The fourth-order valence-corrected chi connectivity index (χ4v) is 15.4. The molecule has 0 aliphatic heterocycles. The molecule has 10 rings (SSSR count). The highest BCUT2D eigenvalue weighted by Gasteiger charge is 2.35. The molecule has 10 heteroatoms. The highest BCUT2D eigenvalue weighted by molar-refractivity contribution is 7.47. The van der Waals surface area contributed by atoms with Gasteiger partial charge in [0.1, 0.15) is 45.3 Å². The Hall–Kier alpha value is -5.68. The Morgan fingerprint density at radius 2 is 0.605 bits per heavy atom. The van der Waals surface area contributed by atoms with Crippen molar-refractivity contribution >= 4 is 59.9 Å². The Kier molecular flexibility index (Phi) is 13.9. The van der Waals surface area contributed by atoms with Crippen LogP contribution in [0.5, 0.6) is 23.0 Å². The lowest BCUT2D eigenvalue weighted by atomic mass is 9.79. The normalized spacial score (nSPS) is 14.3. The predicted octanol–water partition coefficient (Wildman–Crippen LogP) is 20.1. The summed E-state index contributed by atoms with van der Waals surface area (Å²) in [5.41, 5.74) is 16.5. The first kappa shape index (κ1) is 53.7. The monoisotopic (exact) mass is 1060 g/mol. The van der Waals surface area contributed by atoms with Crippen LogP contribution in [0.4, 0.5) is 0 Å². The average molecular weight is 1060 g/mol. The van der Waals surface area contributed by atoms with Crippen LogP contribution in [0, 0.1) is 13.8 Å². The molecular weight excluding hydrogens is 983 g/mol. The molecule has 8 nitrogen and oxygen atoms in total. The lowest BCUT2D eigenvalue weighted by molar-refractivity contribution is 0.413. The van der Waals surface area contributed by atoms with Crippen LogP contribution in [0.25, 0.3) is 65.6 Å². The largest absolute Gasteiger partial charge is 0.497 e. The Bertz CT molecular complexity index is 3300. The van der Waals surface area contributed by atoms with Gasteiger partial charge >= 0.3 is 0 Å². The molecule has 0 saturated heterocycles. The van der Waals surface area contributed by atoms with Crippen molar-refractivity contribution in [1.82, 2.24) is 0 Å². The second-order valence-electron chi connectivity index (χ2n) is 25.6. The molecule has 6 aromatic carbocycles. The molecule has 0 bridgehead atoms. The maximum Gasteiger partial charge on any atom is 0.253 e. The molecule has 8 aromatic rings. The van der Waals surface area contributed by atoms with Crippen LogP contribution in [-0.4, -0.2) is 28.4 Å². The van der Waals surface area contributed by atoms with Crippen molar-refractivity contribution in [2.45, 2.75) is 170 Å². The van der Waals surface area contributed by atoms with Crippen molar-refractivity contribution in [3.8, 4) is 44.7 Å². The second kappa shape index (κ2) is 19.7. The summed E-state index contributed by atoms with van der Waals surface area (Å²) in [6, 6.07) is 22.0. The molecule has 2 aliphatic carbocycles. The summed E-state index contributed by atoms with van der Waals surface area (Å²) in [4.78, 5) is 0. The van der Waals surface area contributed by atoms with Gasteiger partial charge in [0.2, 0.25) is 0 Å². The molecule has 2 heterocycles. The molecule has 0 atom stereocenters. The number of ether oxygens (including phenoxy) is 4. The van der Waals surface area contributed by atoms with Gasteiger partial charge < -0.3 is 35.7 Å². The van der Waals surface area contributed by atoms with Gasteiger partial charge in [-0.25, -0.2) is 0 Å². The standard InChI is InChI=1S/C66H80O8P2/c1-37-27-39-23-19-21-25-45(39)55(61(37)75-71-57-47(29-41(67-15)33-51(57)63(3,4)5)48-30-42(68-16)34-52(58(48)72-75)64(6,7)8)56-46-26-22-20-24-40(46)28-38(2)62(56)76-73-59-49(31-43(69-17)35-53(59)65(9,10)11)50-32-44(70-18)36-54(60(50)74-76)66(12,13)14/h27-36H,19-26H2,1-18H3. The van der Waals surface area contributed by atoms with Crippen molar-refractivity contribution in [2.75, 3.05) is 28.4 Å². The summed E-state index contributed by atoms with van der Waals surface area (Å²) in [7, 11) is 3.21. The third-order valence-corrected chi connectivity index (χ3v) is 19.2. The second-order valence-corrected chi connectivity index (χ2v) is 28.3.